The summed E-state index contributed by atoms with van der Waals surface area (Å²) in [7, 11) is 0. The van der Waals surface area contributed by atoms with E-state index in [1.165, 1.54) is 12.1 Å². The third-order valence-electron chi connectivity index (χ3n) is 5.99. The zero-order valence-corrected chi connectivity index (χ0v) is 16.6. The van der Waals surface area contributed by atoms with E-state index in [2.05, 4.69) is 25.1 Å². The summed E-state index contributed by atoms with van der Waals surface area (Å²) < 4.78 is 13.0. The minimum atomic E-state index is -0.197. The topological polar surface area (TPSA) is 61.4 Å². The summed E-state index contributed by atoms with van der Waals surface area (Å²) in [5.74, 6) is 0.971. The standard InChI is InChI=1S/C22H28FN5O/c23-19-3-1-17(2-4-19)16-27-11-7-20(8-12-27)26-22(29)18-5-13-28(14-6-18)21-15-24-9-10-25-21/h1-4,9-10,15,18,20H,5-8,11-14,16H2,(H,26,29). The zero-order valence-electron chi connectivity index (χ0n) is 16.6. The molecular formula is C22H28FN5O. The van der Waals surface area contributed by atoms with E-state index < -0.39 is 0 Å². The van der Waals surface area contributed by atoms with Crippen LogP contribution in [0.15, 0.2) is 42.9 Å². The number of amides is 1. The van der Waals surface area contributed by atoms with E-state index in [1.807, 2.05) is 12.1 Å². The molecule has 2 aromatic rings. The molecule has 2 aliphatic heterocycles. The molecule has 7 heteroatoms. The third-order valence-corrected chi connectivity index (χ3v) is 5.99. The Kier molecular flexibility index (Phi) is 6.34. The molecule has 3 heterocycles. The fraction of sp³-hybridized carbons (Fsp3) is 0.500. The van der Waals surface area contributed by atoms with Crippen LogP contribution in [0.2, 0.25) is 0 Å². The molecule has 29 heavy (non-hydrogen) atoms. The van der Waals surface area contributed by atoms with Crippen LogP contribution in [0, 0.1) is 11.7 Å². The molecule has 0 saturated carbocycles. The van der Waals surface area contributed by atoms with Crippen molar-refractivity contribution in [1.29, 1.82) is 0 Å². The van der Waals surface area contributed by atoms with Gasteiger partial charge < -0.3 is 10.2 Å². The lowest BCUT2D eigenvalue weighted by Gasteiger charge is -2.35. The second-order valence-corrected chi connectivity index (χ2v) is 8.01. The Hall–Kier alpha value is -2.54. The molecular weight excluding hydrogens is 369 g/mol. The second kappa shape index (κ2) is 9.31. The van der Waals surface area contributed by atoms with Gasteiger partial charge in [-0.05, 0) is 43.4 Å². The van der Waals surface area contributed by atoms with Crippen LogP contribution in [0.25, 0.3) is 0 Å². The van der Waals surface area contributed by atoms with Crippen LogP contribution >= 0.6 is 0 Å². The Balaban J connectivity index is 1.19. The van der Waals surface area contributed by atoms with Crippen LogP contribution in [0.3, 0.4) is 0 Å². The van der Waals surface area contributed by atoms with Gasteiger partial charge in [-0.1, -0.05) is 12.1 Å². The van der Waals surface area contributed by atoms with E-state index in [-0.39, 0.29) is 23.7 Å². The van der Waals surface area contributed by atoms with Crippen molar-refractivity contribution in [3.8, 4) is 0 Å². The van der Waals surface area contributed by atoms with E-state index in [4.69, 9.17) is 0 Å². The molecule has 0 unspecified atom stereocenters. The number of carbonyl (C=O) groups is 1. The predicted molar refractivity (Wildman–Crippen MR) is 110 cm³/mol. The Bertz CT molecular complexity index is 785. The van der Waals surface area contributed by atoms with E-state index in [0.717, 1.165) is 69.8 Å². The molecule has 0 aliphatic carbocycles. The summed E-state index contributed by atoms with van der Waals surface area (Å²) in [5.41, 5.74) is 1.13. The van der Waals surface area contributed by atoms with Gasteiger partial charge in [-0.15, -0.1) is 0 Å². The Morgan fingerprint density at radius 2 is 1.76 bits per heavy atom. The van der Waals surface area contributed by atoms with Crippen molar-refractivity contribution in [2.45, 2.75) is 38.3 Å². The van der Waals surface area contributed by atoms with E-state index >= 15 is 0 Å². The smallest absolute Gasteiger partial charge is 0.223 e. The van der Waals surface area contributed by atoms with Gasteiger partial charge in [0.15, 0.2) is 0 Å². The average molecular weight is 397 g/mol. The summed E-state index contributed by atoms with van der Waals surface area (Å²) in [6.45, 7) is 4.42. The first-order chi connectivity index (χ1) is 14.2. The molecule has 1 aromatic heterocycles. The SMILES string of the molecule is O=C(NC1CCN(Cc2ccc(F)cc2)CC1)C1CCN(c2cnccn2)CC1. The van der Waals surface area contributed by atoms with Gasteiger partial charge in [-0.2, -0.15) is 0 Å². The molecule has 2 fully saturated rings. The van der Waals surface area contributed by atoms with Gasteiger partial charge >= 0.3 is 0 Å². The number of hydrogen-bond donors (Lipinski definition) is 1. The highest BCUT2D eigenvalue weighted by Crippen LogP contribution is 2.22. The first-order valence-corrected chi connectivity index (χ1v) is 10.5. The molecule has 4 rings (SSSR count). The summed E-state index contributed by atoms with van der Waals surface area (Å²) in [4.78, 5) is 25.7. The molecule has 0 spiro atoms. The van der Waals surface area contributed by atoms with Gasteiger partial charge in [-0.3, -0.25) is 14.7 Å². The quantitative estimate of drug-likeness (QED) is 0.840. The zero-order chi connectivity index (χ0) is 20.1. The highest BCUT2D eigenvalue weighted by molar-refractivity contribution is 5.79. The molecule has 2 saturated heterocycles. The van der Waals surface area contributed by atoms with Gasteiger partial charge in [0, 0.05) is 57.1 Å². The molecule has 2 aliphatic rings. The Morgan fingerprint density at radius 1 is 1.03 bits per heavy atom. The normalized spacial score (nSPS) is 19.3. The van der Waals surface area contributed by atoms with E-state index in [1.54, 1.807) is 18.6 Å². The Morgan fingerprint density at radius 3 is 2.41 bits per heavy atom. The van der Waals surface area contributed by atoms with Crippen LogP contribution in [0.4, 0.5) is 10.2 Å². The number of hydrogen-bond acceptors (Lipinski definition) is 5. The molecule has 0 radical (unpaired) electrons. The highest BCUT2D eigenvalue weighted by Gasteiger charge is 2.28. The van der Waals surface area contributed by atoms with Crippen LogP contribution in [0.1, 0.15) is 31.2 Å². The molecule has 1 amide bonds. The van der Waals surface area contributed by atoms with Gasteiger partial charge in [0.05, 0.1) is 6.20 Å². The van der Waals surface area contributed by atoms with Crippen molar-refractivity contribution in [1.82, 2.24) is 20.2 Å². The van der Waals surface area contributed by atoms with Crippen molar-refractivity contribution in [3.05, 3.63) is 54.2 Å². The van der Waals surface area contributed by atoms with Gasteiger partial charge in [0.2, 0.25) is 5.91 Å². The number of carbonyl (C=O) groups excluding carboxylic acids is 1. The van der Waals surface area contributed by atoms with E-state index in [9.17, 15) is 9.18 Å². The molecule has 1 aromatic carbocycles. The van der Waals surface area contributed by atoms with Gasteiger partial charge in [0.25, 0.3) is 0 Å². The van der Waals surface area contributed by atoms with Crippen molar-refractivity contribution in [2.75, 3.05) is 31.1 Å². The summed E-state index contributed by atoms with van der Waals surface area (Å²) in [6.07, 6.45) is 8.79. The van der Waals surface area contributed by atoms with Crippen molar-refractivity contribution >= 4 is 11.7 Å². The maximum absolute atomic E-state index is 13.0. The van der Waals surface area contributed by atoms with Gasteiger partial charge in [0.1, 0.15) is 11.6 Å². The van der Waals surface area contributed by atoms with Crippen LogP contribution in [-0.2, 0) is 11.3 Å². The van der Waals surface area contributed by atoms with Crippen LogP contribution in [-0.4, -0.2) is 53.0 Å². The number of piperidine rings is 2. The number of halogens is 1. The lowest BCUT2D eigenvalue weighted by Crippen LogP contribution is -2.48. The number of benzene rings is 1. The third kappa shape index (κ3) is 5.29. The monoisotopic (exact) mass is 397 g/mol. The summed E-state index contributed by atoms with van der Waals surface area (Å²) >= 11 is 0. The maximum atomic E-state index is 13.0. The average Bonchev–Trinajstić information content (AvgIpc) is 2.77. The minimum absolute atomic E-state index is 0.0835. The molecule has 154 valence electrons. The predicted octanol–water partition coefficient (Wildman–Crippen LogP) is 2.61. The highest BCUT2D eigenvalue weighted by atomic mass is 19.1. The maximum Gasteiger partial charge on any atom is 0.223 e. The number of likely N-dealkylation sites (tertiary alicyclic amines) is 1. The first-order valence-electron chi connectivity index (χ1n) is 10.5. The Labute approximate surface area is 171 Å². The second-order valence-electron chi connectivity index (χ2n) is 8.01. The number of aromatic nitrogens is 2. The lowest BCUT2D eigenvalue weighted by molar-refractivity contribution is -0.126. The molecule has 6 nitrogen and oxygen atoms in total. The van der Waals surface area contributed by atoms with Crippen molar-refractivity contribution in [3.63, 3.8) is 0 Å². The summed E-state index contributed by atoms with van der Waals surface area (Å²) in [5, 5.41) is 3.27. The first kappa shape index (κ1) is 19.8. The minimum Gasteiger partial charge on any atom is -0.355 e. The largest absolute Gasteiger partial charge is 0.355 e. The van der Waals surface area contributed by atoms with Crippen molar-refractivity contribution in [2.24, 2.45) is 5.92 Å². The fourth-order valence-electron chi connectivity index (χ4n) is 4.23. The lowest BCUT2D eigenvalue weighted by atomic mass is 9.94. The molecule has 0 atom stereocenters. The number of nitrogens with zero attached hydrogens (tertiary/aromatic N) is 4. The van der Waals surface area contributed by atoms with Gasteiger partial charge in [-0.25, -0.2) is 9.37 Å². The van der Waals surface area contributed by atoms with E-state index in [0.29, 0.717) is 0 Å². The number of nitrogens with one attached hydrogen (secondary N) is 1. The number of rotatable bonds is 5. The molecule has 1 N–H and O–H groups in total. The van der Waals surface area contributed by atoms with Crippen LogP contribution in [0.5, 0.6) is 0 Å². The van der Waals surface area contributed by atoms with Crippen molar-refractivity contribution < 1.29 is 9.18 Å². The fourth-order valence-corrected chi connectivity index (χ4v) is 4.23. The summed E-state index contributed by atoms with van der Waals surface area (Å²) in [6, 6.07) is 6.97. The van der Waals surface area contributed by atoms with Crippen LogP contribution < -0.4 is 10.2 Å². The molecule has 0 bridgehead atoms. The number of anilines is 1.